The molecule has 2 unspecified atom stereocenters. The Morgan fingerprint density at radius 2 is 2.00 bits per heavy atom. The first kappa shape index (κ1) is 14.2. The molecule has 3 heteroatoms. The second kappa shape index (κ2) is 5.40. The van der Waals surface area contributed by atoms with E-state index in [9.17, 15) is 0 Å². The van der Waals surface area contributed by atoms with Crippen LogP contribution in [0.4, 0.5) is 0 Å². The van der Waals surface area contributed by atoms with Gasteiger partial charge in [0, 0.05) is 6.04 Å². The van der Waals surface area contributed by atoms with Crippen molar-refractivity contribution in [3.8, 4) is 0 Å². The molecule has 1 fully saturated rings. The van der Waals surface area contributed by atoms with Gasteiger partial charge in [0.1, 0.15) is 0 Å². The van der Waals surface area contributed by atoms with Crippen molar-refractivity contribution in [2.45, 2.75) is 39.7 Å². The maximum Gasteiger partial charge on any atom is 0.0595 e. The van der Waals surface area contributed by atoms with E-state index < -0.39 is 0 Å². The minimum atomic E-state index is 0.398. The molecule has 0 radical (unpaired) electrons. The van der Waals surface area contributed by atoms with Crippen LogP contribution in [0.15, 0.2) is 18.2 Å². The molecule has 18 heavy (non-hydrogen) atoms. The molecule has 0 aliphatic heterocycles. The quantitative estimate of drug-likeness (QED) is 0.796. The van der Waals surface area contributed by atoms with Gasteiger partial charge in [-0.3, -0.25) is 0 Å². The van der Waals surface area contributed by atoms with Gasteiger partial charge >= 0.3 is 0 Å². The average molecular weight is 286 g/mol. The third kappa shape index (κ3) is 3.01. The molecular weight excluding hydrogens is 265 g/mol. The van der Waals surface area contributed by atoms with Crippen LogP contribution in [0.2, 0.25) is 10.0 Å². The highest BCUT2D eigenvalue weighted by atomic mass is 35.5. The van der Waals surface area contributed by atoms with E-state index in [4.69, 9.17) is 23.2 Å². The molecule has 1 N–H and O–H groups in total. The van der Waals surface area contributed by atoms with Gasteiger partial charge in [-0.15, -0.1) is 0 Å². The highest BCUT2D eigenvalue weighted by Crippen LogP contribution is 2.57. The van der Waals surface area contributed by atoms with Crippen molar-refractivity contribution in [2.24, 2.45) is 11.3 Å². The molecule has 2 atom stereocenters. The zero-order chi connectivity index (χ0) is 13.3. The number of benzene rings is 1. The third-order valence-corrected chi connectivity index (χ3v) is 4.65. The third-order valence-electron chi connectivity index (χ3n) is 3.91. The number of nitrogens with one attached hydrogen (secondary N) is 1. The van der Waals surface area contributed by atoms with Crippen LogP contribution >= 0.6 is 23.2 Å². The Morgan fingerprint density at radius 1 is 1.33 bits per heavy atom. The van der Waals surface area contributed by atoms with Crippen molar-refractivity contribution in [1.82, 2.24) is 5.32 Å². The highest BCUT2D eigenvalue weighted by Gasteiger charge is 2.50. The molecule has 100 valence electrons. The fourth-order valence-electron chi connectivity index (χ4n) is 2.57. The molecule has 2 rings (SSSR count). The molecule has 1 aliphatic carbocycles. The van der Waals surface area contributed by atoms with Gasteiger partial charge in [-0.1, -0.05) is 50.0 Å². The Kier molecular flexibility index (Phi) is 4.25. The highest BCUT2D eigenvalue weighted by molar-refractivity contribution is 6.42. The summed E-state index contributed by atoms with van der Waals surface area (Å²) >= 11 is 12.1. The maximum atomic E-state index is 6.13. The SMILES string of the molecule is CCCNC(c1ccc(Cl)c(Cl)c1)C1CC1(C)C. The van der Waals surface area contributed by atoms with E-state index in [1.807, 2.05) is 12.1 Å². The lowest BCUT2D eigenvalue weighted by molar-refractivity contribution is 0.416. The van der Waals surface area contributed by atoms with Crippen LogP contribution in [-0.4, -0.2) is 6.54 Å². The van der Waals surface area contributed by atoms with Crippen LogP contribution in [0.25, 0.3) is 0 Å². The van der Waals surface area contributed by atoms with Crippen molar-refractivity contribution in [1.29, 1.82) is 0 Å². The van der Waals surface area contributed by atoms with Gasteiger partial charge in [0.2, 0.25) is 0 Å². The second-order valence-electron chi connectivity index (χ2n) is 5.90. The van der Waals surface area contributed by atoms with Crippen molar-refractivity contribution < 1.29 is 0 Å². The predicted octanol–water partition coefficient (Wildman–Crippen LogP) is 5.08. The van der Waals surface area contributed by atoms with E-state index in [2.05, 4.69) is 32.2 Å². The lowest BCUT2D eigenvalue weighted by atomic mass is 9.97. The summed E-state index contributed by atoms with van der Waals surface area (Å²) in [5.74, 6) is 0.696. The molecule has 0 aromatic heterocycles. The Labute approximate surface area is 120 Å². The van der Waals surface area contributed by atoms with Gasteiger partial charge < -0.3 is 5.32 Å². The summed E-state index contributed by atoms with van der Waals surface area (Å²) in [5.41, 5.74) is 1.70. The van der Waals surface area contributed by atoms with Crippen molar-refractivity contribution in [3.63, 3.8) is 0 Å². The van der Waals surface area contributed by atoms with Crippen molar-refractivity contribution in [3.05, 3.63) is 33.8 Å². The molecule has 1 nitrogen and oxygen atoms in total. The minimum absolute atomic E-state index is 0.398. The molecular formula is C15H21Cl2N. The topological polar surface area (TPSA) is 12.0 Å². The number of halogens is 2. The summed E-state index contributed by atoms with van der Waals surface area (Å²) in [4.78, 5) is 0. The molecule has 1 aliphatic rings. The lowest BCUT2D eigenvalue weighted by Gasteiger charge is -2.21. The zero-order valence-corrected chi connectivity index (χ0v) is 12.8. The molecule has 0 bridgehead atoms. The van der Waals surface area contributed by atoms with Gasteiger partial charge in [0.15, 0.2) is 0 Å². The summed E-state index contributed by atoms with van der Waals surface area (Å²) in [5, 5.41) is 4.93. The standard InChI is InChI=1S/C15H21Cl2N/c1-4-7-18-14(11-9-15(11,2)3)10-5-6-12(16)13(17)8-10/h5-6,8,11,14,18H,4,7,9H2,1-3H3. The number of rotatable bonds is 5. The first-order chi connectivity index (χ1) is 8.45. The number of hydrogen-bond donors (Lipinski definition) is 1. The van der Waals surface area contributed by atoms with Crippen LogP contribution in [0.5, 0.6) is 0 Å². The molecule has 1 saturated carbocycles. The monoisotopic (exact) mass is 285 g/mol. The van der Waals surface area contributed by atoms with Crippen molar-refractivity contribution in [2.75, 3.05) is 6.54 Å². The van der Waals surface area contributed by atoms with E-state index in [1.165, 1.54) is 12.0 Å². The fraction of sp³-hybridized carbons (Fsp3) is 0.600. The van der Waals surface area contributed by atoms with Gasteiger partial charge in [0.25, 0.3) is 0 Å². The van der Waals surface area contributed by atoms with Crippen molar-refractivity contribution >= 4 is 23.2 Å². The molecule has 0 saturated heterocycles. The summed E-state index contributed by atoms with van der Waals surface area (Å²) in [7, 11) is 0. The summed E-state index contributed by atoms with van der Waals surface area (Å²) < 4.78 is 0. The Morgan fingerprint density at radius 3 is 2.50 bits per heavy atom. The molecule has 1 aromatic carbocycles. The minimum Gasteiger partial charge on any atom is -0.310 e. The van der Waals surface area contributed by atoms with Gasteiger partial charge in [0.05, 0.1) is 10.0 Å². The largest absolute Gasteiger partial charge is 0.310 e. The summed E-state index contributed by atoms with van der Waals surface area (Å²) in [6.45, 7) is 7.89. The van der Waals surface area contributed by atoms with Crippen LogP contribution in [0.1, 0.15) is 45.2 Å². The lowest BCUT2D eigenvalue weighted by Crippen LogP contribution is -2.25. The Hall–Kier alpha value is -0.240. The normalized spacial score (nSPS) is 22.8. The van der Waals surface area contributed by atoms with E-state index in [0.29, 0.717) is 27.4 Å². The van der Waals surface area contributed by atoms with Crippen LogP contribution < -0.4 is 5.32 Å². The van der Waals surface area contributed by atoms with Crippen LogP contribution in [0, 0.1) is 11.3 Å². The first-order valence-electron chi connectivity index (χ1n) is 6.64. The fourth-order valence-corrected chi connectivity index (χ4v) is 2.88. The molecule has 0 spiro atoms. The molecule has 0 heterocycles. The summed E-state index contributed by atoms with van der Waals surface area (Å²) in [6, 6.07) is 6.39. The Balaban J connectivity index is 2.20. The van der Waals surface area contributed by atoms with E-state index in [0.717, 1.165) is 13.0 Å². The second-order valence-corrected chi connectivity index (χ2v) is 6.72. The maximum absolute atomic E-state index is 6.13. The predicted molar refractivity (Wildman–Crippen MR) is 79.4 cm³/mol. The van der Waals surface area contributed by atoms with Crippen LogP contribution in [0.3, 0.4) is 0 Å². The number of hydrogen-bond acceptors (Lipinski definition) is 1. The van der Waals surface area contributed by atoms with E-state index in [-0.39, 0.29) is 0 Å². The molecule has 0 amide bonds. The van der Waals surface area contributed by atoms with E-state index in [1.54, 1.807) is 0 Å². The smallest absolute Gasteiger partial charge is 0.0595 e. The average Bonchev–Trinajstić information content (AvgIpc) is 2.93. The van der Waals surface area contributed by atoms with Gasteiger partial charge in [-0.25, -0.2) is 0 Å². The van der Waals surface area contributed by atoms with E-state index >= 15 is 0 Å². The Bertz CT molecular complexity index is 429. The van der Waals surface area contributed by atoms with Gasteiger partial charge in [-0.2, -0.15) is 0 Å². The van der Waals surface area contributed by atoms with Crippen LogP contribution in [-0.2, 0) is 0 Å². The molecule has 1 aromatic rings. The first-order valence-corrected chi connectivity index (χ1v) is 7.39. The zero-order valence-electron chi connectivity index (χ0n) is 11.3. The van der Waals surface area contributed by atoms with Gasteiger partial charge in [-0.05, 0) is 48.4 Å². The summed E-state index contributed by atoms with van der Waals surface area (Å²) in [6.07, 6.45) is 2.42.